The third kappa shape index (κ3) is 2.96. The molecule has 0 bridgehead atoms. The molecule has 0 aromatic heterocycles. The molecule has 0 amide bonds. The summed E-state index contributed by atoms with van der Waals surface area (Å²) < 4.78 is 0. The Morgan fingerprint density at radius 1 is 1.43 bits per heavy atom. The maximum atomic E-state index is 5.85. The van der Waals surface area contributed by atoms with Crippen molar-refractivity contribution in [2.24, 2.45) is 23.0 Å². The van der Waals surface area contributed by atoms with Gasteiger partial charge in [0.05, 0.1) is 0 Å². The summed E-state index contributed by atoms with van der Waals surface area (Å²) in [6.45, 7) is 13.8. The molecule has 2 heteroatoms. The number of likely N-dealkylation sites (tertiary alicyclic amines) is 1. The van der Waals surface area contributed by atoms with Crippen molar-refractivity contribution in [3.05, 3.63) is 0 Å². The molecule has 1 rings (SSSR count). The van der Waals surface area contributed by atoms with Gasteiger partial charge in [-0.2, -0.15) is 0 Å². The Labute approximate surface area is 88.8 Å². The van der Waals surface area contributed by atoms with E-state index in [9.17, 15) is 0 Å². The van der Waals surface area contributed by atoms with Gasteiger partial charge in [0.25, 0.3) is 0 Å². The molecular formula is C12H26N2. The third-order valence-corrected chi connectivity index (χ3v) is 3.56. The fourth-order valence-corrected chi connectivity index (χ4v) is 2.38. The molecule has 0 radical (unpaired) electrons. The molecule has 1 aliphatic heterocycles. The van der Waals surface area contributed by atoms with Crippen molar-refractivity contribution in [2.75, 3.05) is 26.2 Å². The standard InChI is InChI=1S/C12H26N2/c1-10(2)8-14-6-5-12(3,4)11(7-13)9-14/h10-11H,5-9,13H2,1-4H3. The molecule has 1 unspecified atom stereocenters. The molecule has 1 saturated heterocycles. The first kappa shape index (κ1) is 12.0. The number of hydrogen-bond acceptors (Lipinski definition) is 2. The van der Waals surface area contributed by atoms with E-state index < -0.39 is 0 Å². The maximum absolute atomic E-state index is 5.85. The molecule has 1 aliphatic rings. The molecule has 0 aromatic rings. The second kappa shape index (κ2) is 4.63. The largest absolute Gasteiger partial charge is 0.330 e. The van der Waals surface area contributed by atoms with Crippen LogP contribution in [0.15, 0.2) is 0 Å². The predicted molar refractivity (Wildman–Crippen MR) is 62.2 cm³/mol. The smallest absolute Gasteiger partial charge is 0.00270 e. The van der Waals surface area contributed by atoms with Crippen LogP contribution in [0.25, 0.3) is 0 Å². The third-order valence-electron chi connectivity index (χ3n) is 3.56. The molecule has 2 N–H and O–H groups in total. The Morgan fingerprint density at radius 2 is 2.07 bits per heavy atom. The lowest BCUT2D eigenvalue weighted by molar-refractivity contribution is 0.0583. The molecule has 1 fully saturated rings. The van der Waals surface area contributed by atoms with Crippen LogP contribution in [0.5, 0.6) is 0 Å². The van der Waals surface area contributed by atoms with Crippen LogP contribution in [0.4, 0.5) is 0 Å². The molecular weight excluding hydrogens is 172 g/mol. The van der Waals surface area contributed by atoms with E-state index in [1.807, 2.05) is 0 Å². The van der Waals surface area contributed by atoms with Gasteiger partial charge in [-0.25, -0.2) is 0 Å². The van der Waals surface area contributed by atoms with Gasteiger partial charge in [-0.3, -0.25) is 0 Å². The van der Waals surface area contributed by atoms with E-state index in [1.54, 1.807) is 0 Å². The lowest BCUT2D eigenvalue weighted by atomic mass is 9.73. The number of nitrogens with zero attached hydrogens (tertiary/aromatic N) is 1. The first-order chi connectivity index (χ1) is 6.45. The van der Waals surface area contributed by atoms with Crippen molar-refractivity contribution >= 4 is 0 Å². The van der Waals surface area contributed by atoms with E-state index in [0.29, 0.717) is 11.3 Å². The highest BCUT2D eigenvalue weighted by Gasteiger charge is 2.34. The van der Waals surface area contributed by atoms with Gasteiger partial charge in [0.15, 0.2) is 0 Å². The van der Waals surface area contributed by atoms with Crippen LogP contribution in [0, 0.1) is 17.3 Å². The van der Waals surface area contributed by atoms with E-state index in [-0.39, 0.29) is 0 Å². The first-order valence-corrected chi connectivity index (χ1v) is 5.88. The van der Waals surface area contributed by atoms with Crippen LogP contribution in [-0.4, -0.2) is 31.1 Å². The fourth-order valence-electron chi connectivity index (χ4n) is 2.38. The van der Waals surface area contributed by atoms with Gasteiger partial charge in [0.2, 0.25) is 0 Å². The number of piperidine rings is 1. The Balaban J connectivity index is 2.49. The van der Waals surface area contributed by atoms with Crippen LogP contribution in [-0.2, 0) is 0 Å². The van der Waals surface area contributed by atoms with Crippen molar-refractivity contribution in [1.82, 2.24) is 4.90 Å². The molecule has 14 heavy (non-hydrogen) atoms. The summed E-state index contributed by atoms with van der Waals surface area (Å²) in [5.41, 5.74) is 6.29. The zero-order chi connectivity index (χ0) is 10.8. The topological polar surface area (TPSA) is 29.3 Å². The summed E-state index contributed by atoms with van der Waals surface area (Å²) in [6, 6.07) is 0. The van der Waals surface area contributed by atoms with Gasteiger partial charge in [0, 0.05) is 13.1 Å². The van der Waals surface area contributed by atoms with Crippen LogP contribution >= 0.6 is 0 Å². The van der Waals surface area contributed by atoms with E-state index in [2.05, 4.69) is 32.6 Å². The van der Waals surface area contributed by atoms with Gasteiger partial charge in [-0.15, -0.1) is 0 Å². The molecule has 0 saturated carbocycles. The molecule has 0 spiro atoms. The van der Waals surface area contributed by atoms with Crippen molar-refractivity contribution in [3.63, 3.8) is 0 Å². The van der Waals surface area contributed by atoms with Crippen molar-refractivity contribution in [1.29, 1.82) is 0 Å². The highest BCUT2D eigenvalue weighted by Crippen LogP contribution is 2.34. The summed E-state index contributed by atoms with van der Waals surface area (Å²) in [5.74, 6) is 1.45. The zero-order valence-corrected chi connectivity index (χ0v) is 10.2. The highest BCUT2D eigenvalue weighted by atomic mass is 15.1. The van der Waals surface area contributed by atoms with Gasteiger partial charge >= 0.3 is 0 Å². The average Bonchev–Trinajstić information content (AvgIpc) is 2.07. The normalized spacial score (nSPS) is 28.3. The average molecular weight is 198 g/mol. The second-order valence-electron chi connectivity index (χ2n) is 5.82. The lowest BCUT2D eigenvalue weighted by Crippen LogP contribution is -2.48. The number of rotatable bonds is 3. The van der Waals surface area contributed by atoms with Crippen molar-refractivity contribution in [2.45, 2.75) is 34.1 Å². The van der Waals surface area contributed by atoms with E-state index in [4.69, 9.17) is 5.73 Å². The van der Waals surface area contributed by atoms with Crippen LogP contribution < -0.4 is 5.73 Å². The summed E-state index contributed by atoms with van der Waals surface area (Å²) in [5, 5.41) is 0. The molecule has 1 atom stereocenters. The van der Waals surface area contributed by atoms with Crippen LogP contribution in [0.3, 0.4) is 0 Å². The van der Waals surface area contributed by atoms with Crippen molar-refractivity contribution in [3.8, 4) is 0 Å². The lowest BCUT2D eigenvalue weighted by Gasteiger charge is -2.44. The highest BCUT2D eigenvalue weighted by molar-refractivity contribution is 4.87. The fraction of sp³-hybridized carbons (Fsp3) is 1.00. The van der Waals surface area contributed by atoms with Gasteiger partial charge in [0.1, 0.15) is 0 Å². The van der Waals surface area contributed by atoms with Crippen LogP contribution in [0.1, 0.15) is 34.1 Å². The SMILES string of the molecule is CC(C)CN1CCC(C)(C)C(CN)C1. The van der Waals surface area contributed by atoms with Gasteiger partial charge in [-0.1, -0.05) is 27.7 Å². The Kier molecular flexibility index (Phi) is 3.96. The Hall–Kier alpha value is -0.0800. The summed E-state index contributed by atoms with van der Waals surface area (Å²) >= 11 is 0. The summed E-state index contributed by atoms with van der Waals surface area (Å²) in [7, 11) is 0. The Bertz CT molecular complexity index is 175. The molecule has 84 valence electrons. The minimum Gasteiger partial charge on any atom is -0.330 e. The maximum Gasteiger partial charge on any atom is 0.00270 e. The van der Waals surface area contributed by atoms with Gasteiger partial charge in [-0.05, 0) is 36.8 Å². The molecule has 2 nitrogen and oxygen atoms in total. The second-order valence-corrected chi connectivity index (χ2v) is 5.82. The molecule has 1 heterocycles. The summed E-state index contributed by atoms with van der Waals surface area (Å²) in [6.07, 6.45) is 1.29. The monoisotopic (exact) mass is 198 g/mol. The Morgan fingerprint density at radius 3 is 2.57 bits per heavy atom. The molecule has 0 aliphatic carbocycles. The van der Waals surface area contributed by atoms with Crippen molar-refractivity contribution < 1.29 is 0 Å². The van der Waals surface area contributed by atoms with E-state index in [1.165, 1.54) is 26.1 Å². The van der Waals surface area contributed by atoms with Gasteiger partial charge < -0.3 is 10.6 Å². The predicted octanol–water partition coefficient (Wildman–Crippen LogP) is 1.95. The van der Waals surface area contributed by atoms with Crippen LogP contribution in [0.2, 0.25) is 0 Å². The number of hydrogen-bond donors (Lipinski definition) is 1. The molecule has 0 aromatic carbocycles. The van der Waals surface area contributed by atoms with E-state index >= 15 is 0 Å². The zero-order valence-electron chi connectivity index (χ0n) is 10.2. The number of nitrogens with two attached hydrogens (primary N) is 1. The van der Waals surface area contributed by atoms with E-state index in [0.717, 1.165) is 12.5 Å². The summed E-state index contributed by atoms with van der Waals surface area (Å²) in [4.78, 5) is 2.58. The first-order valence-electron chi connectivity index (χ1n) is 5.88. The minimum atomic E-state index is 0.447. The minimum absolute atomic E-state index is 0.447. The quantitative estimate of drug-likeness (QED) is 0.751.